The van der Waals surface area contributed by atoms with E-state index in [1.165, 1.54) is 35.5 Å². The number of ether oxygens (including phenoxy) is 2. The van der Waals surface area contributed by atoms with Gasteiger partial charge in [0.15, 0.2) is 11.5 Å². The number of carbonyl (C=O) groups excluding carboxylic acids is 1. The third-order valence-corrected chi connectivity index (χ3v) is 4.50. The van der Waals surface area contributed by atoms with Gasteiger partial charge >= 0.3 is 0 Å². The zero-order valence-corrected chi connectivity index (χ0v) is 17.6. The van der Waals surface area contributed by atoms with Crippen molar-refractivity contribution in [3.8, 4) is 17.2 Å². The van der Waals surface area contributed by atoms with Crippen molar-refractivity contribution >= 4 is 11.6 Å². The Morgan fingerprint density at radius 3 is 2.55 bits per heavy atom. The highest BCUT2D eigenvalue weighted by molar-refractivity contribution is 5.95. The molecule has 0 saturated carbocycles. The Kier molecular flexibility index (Phi) is 6.49. The zero-order chi connectivity index (χ0) is 22.5. The lowest BCUT2D eigenvalue weighted by atomic mass is 10.1. The van der Waals surface area contributed by atoms with E-state index in [1.54, 1.807) is 19.2 Å². The largest absolute Gasteiger partial charge is 0.493 e. The molecule has 1 amide bonds. The molecule has 0 bridgehead atoms. The van der Waals surface area contributed by atoms with Crippen molar-refractivity contribution in [1.29, 1.82) is 0 Å². The minimum Gasteiger partial charge on any atom is -0.493 e. The second kappa shape index (κ2) is 9.24. The monoisotopic (exact) mass is 425 g/mol. The van der Waals surface area contributed by atoms with Crippen LogP contribution in [0.15, 0.2) is 49.1 Å². The van der Waals surface area contributed by atoms with Crippen LogP contribution in [0.4, 0.5) is 5.69 Å². The Bertz CT molecular complexity index is 1080. The molecule has 31 heavy (non-hydrogen) atoms. The standard InChI is InChI=1S/C21H23N5O5/c1-13(2)31-19-8-6-15(10-20(19)30-4)14(3)24-21(27)16-5-7-17(18(9-16)26(28)29)25-12-22-11-23-25/h5-14H,1-4H3,(H,24,27). The molecule has 10 nitrogen and oxygen atoms in total. The zero-order valence-electron chi connectivity index (χ0n) is 17.6. The number of nitro benzene ring substituents is 1. The van der Waals surface area contributed by atoms with Crippen molar-refractivity contribution in [3.05, 3.63) is 70.3 Å². The second-order valence-corrected chi connectivity index (χ2v) is 7.07. The summed E-state index contributed by atoms with van der Waals surface area (Å²) in [4.78, 5) is 27.5. The van der Waals surface area contributed by atoms with Crippen LogP contribution in [-0.2, 0) is 0 Å². The van der Waals surface area contributed by atoms with Crippen LogP contribution in [0.3, 0.4) is 0 Å². The van der Waals surface area contributed by atoms with Gasteiger partial charge in [-0.1, -0.05) is 6.07 Å². The van der Waals surface area contributed by atoms with Crippen LogP contribution >= 0.6 is 0 Å². The van der Waals surface area contributed by atoms with Gasteiger partial charge in [0.25, 0.3) is 11.6 Å². The van der Waals surface area contributed by atoms with Crippen LogP contribution in [0.25, 0.3) is 5.69 Å². The molecule has 1 heterocycles. The van der Waals surface area contributed by atoms with E-state index in [-0.39, 0.29) is 29.1 Å². The number of nitrogens with zero attached hydrogens (tertiary/aromatic N) is 4. The van der Waals surface area contributed by atoms with Crippen molar-refractivity contribution in [2.24, 2.45) is 0 Å². The maximum absolute atomic E-state index is 12.7. The molecule has 3 rings (SSSR count). The molecule has 0 aliphatic carbocycles. The van der Waals surface area contributed by atoms with Gasteiger partial charge < -0.3 is 14.8 Å². The van der Waals surface area contributed by atoms with Crippen LogP contribution in [0.2, 0.25) is 0 Å². The first-order valence-electron chi connectivity index (χ1n) is 9.59. The summed E-state index contributed by atoms with van der Waals surface area (Å²) in [5.41, 5.74) is 0.935. The summed E-state index contributed by atoms with van der Waals surface area (Å²) >= 11 is 0. The summed E-state index contributed by atoms with van der Waals surface area (Å²) in [6.45, 7) is 5.65. The number of carbonyl (C=O) groups is 1. The maximum Gasteiger partial charge on any atom is 0.295 e. The van der Waals surface area contributed by atoms with Crippen molar-refractivity contribution in [3.63, 3.8) is 0 Å². The molecule has 0 aliphatic rings. The molecule has 0 aliphatic heterocycles. The van der Waals surface area contributed by atoms with Crippen LogP contribution < -0.4 is 14.8 Å². The highest BCUT2D eigenvalue weighted by Gasteiger charge is 2.21. The lowest BCUT2D eigenvalue weighted by molar-refractivity contribution is -0.384. The van der Waals surface area contributed by atoms with Crippen LogP contribution in [-0.4, -0.2) is 38.8 Å². The molecule has 0 radical (unpaired) electrons. The second-order valence-electron chi connectivity index (χ2n) is 7.07. The molecule has 0 fully saturated rings. The van der Waals surface area contributed by atoms with Crippen molar-refractivity contribution in [1.82, 2.24) is 20.1 Å². The number of rotatable bonds is 8. The number of methoxy groups -OCH3 is 1. The smallest absolute Gasteiger partial charge is 0.295 e. The molecule has 0 saturated heterocycles. The lowest BCUT2D eigenvalue weighted by Crippen LogP contribution is -2.26. The van der Waals surface area contributed by atoms with Gasteiger partial charge in [-0.3, -0.25) is 14.9 Å². The Hall–Kier alpha value is -3.95. The van der Waals surface area contributed by atoms with Crippen molar-refractivity contribution < 1.29 is 19.2 Å². The minimum atomic E-state index is -0.560. The molecule has 162 valence electrons. The maximum atomic E-state index is 12.7. The van der Waals surface area contributed by atoms with E-state index in [0.717, 1.165) is 5.56 Å². The normalized spacial score (nSPS) is 11.8. The molecular weight excluding hydrogens is 402 g/mol. The van der Waals surface area contributed by atoms with E-state index in [1.807, 2.05) is 26.8 Å². The summed E-state index contributed by atoms with van der Waals surface area (Å²) in [6.07, 6.45) is 2.62. The summed E-state index contributed by atoms with van der Waals surface area (Å²) in [6, 6.07) is 9.23. The lowest BCUT2D eigenvalue weighted by Gasteiger charge is -2.18. The third-order valence-electron chi connectivity index (χ3n) is 4.50. The van der Waals surface area contributed by atoms with Gasteiger partial charge in [0.2, 0.25) is 0 Å². The SMILES string of the molecule is COc1cc(C(C)NC(=O)c2ccc(-n3cncn3)c([N+](=O)[O-])c2)ccc1OC(C)C. The summed E-state index contributed by atoms with van der Waals surface area (Å²) < 4.78 is 12.4. The molecule has 1 N–H and O–H groups in total. The average Bonchev–Trinajstić information content (AvgIpc) is 3.27. The van der Waals surface area contributed by atoms with Gasteiger partial charge in [-0.2, -0.15) is 5.10 Å². The fraction of sp³-hybridized carbons (Fsp3) is 0.286. The van der Waals surface area contributed by atoms with Gasteiger partial charge in [-0.25, -0.2) is 9.67 Å². The molecular formula is C21H23N5O5. The molecule has 3 aromatic rings. The highest BCUT2D eigenvalue weighted by atomic mass is 16.6. The van der Waals surface area contributed by atoms with E-state index >= 15 is 0 Å². The van der Waals surface area contributed by atoms with Gasteiger partial charge in [0.1, 0.15) is 18.3 Å². The van der Waals surface area contributed by atoms with Crippen molar-refractivity contribution in [2.45, 2.75) is 32.9 Å². The van der Waals surface area contributed by atoms with Gasteiger partial charge in [-0.05, 0) is 50.6 Å². The van der Waals surface area contributed by atoms with Crippen molar-refractivity contribution in [2.75, 3.05) is 7.11 Å². The molecule has 1 unspecified atom stereocenters. The number of benzene rings is 2. The van der Waals surface area contributed by atoms with E-state index in [0.29, 0.717) is 11.5 Å². The van der Waals surface area contributed by atoms with E-state index in [2.05, 4.69) is 15.4 Å². The Labute approximate surface area is 179 Å². The number of nitro groups is 1. The topological polar surface area (TPSA) is 121 Å². The fourth-order valence-electron chi connectivity index (χ4n) is 3.01. The fourth-order valence-corrected chi connectivity index (χ4v) is 3.01. The summed E-state index contributed by atoms with van der Waals surface area (Å²) in [5.74, 6) is 0.724. The van der Waals surface area contributed by atoms with Gasteiger partial charge in [0, 0.05) is 11.6 Å². The number of hydrogen-bond acceptors (Lipinski definition) is 7. The van der Waals surface area contributed by atoms with Crippen LogP contribution in [0.5, 0.6) is 11.5 Å². The number of amides is 1. The average molecular weight is 425 g/mol. The summed E-state index contributed by atoms with van der Waals surface area (Å²) in [5, 5.41) is 18.3. The Balaban J connectivity index is 1.81. The highest BCUT2D eigenvalue weighted by Crippen LogP contribution is 2.31. The minimum absolute atomic E-state index is 0.00633. The van der Waals surface area contributed by atoms with Gasteiger partial charge in [0.05, 0.1) is 24.2 Å². The molecule has 10 heteroatoms. The third kappa shape index (κ3) is 4.97. The van der Waals surface area contributed by atoms with Crippen LogP contribution in [0, 0.1) is 10.1 Å². The van der Waals surface area contributed by atoms with E-state index in [4.69, 9.17) is 9.47 Å². The number of hydrogen-bond donors (Lipinski definition) is 1. The molecule has 1 atom stereocenters. The predicted molar refractivity (Wildman–Crippen MR) is 113 cm³/mol. The van der Waals surface area contributed by atoms with E-state index < -0.39 is 10.8 Å². The molecule has 2 aromatic carbocycles. The first-order valence-corrected chi connectivity index (χ1v) is 9.59. The van der Waals surface area contributed by atoms with Gasteiger partial charge in [-0.15, -0.1) is 0 Å². The first kappa shape index (κ1) is 21.8. The number of aromatic nitrogens is 3. The Morgan fingerprint density at radius 1 is 1.16 bits per heavy atom. The molecule has 1 aromatic heterocycles. The first-order chi connectivity index (χ1) is 14.8. The number of nitrogens with one attached hydrogen (secondary N) is 1. The Morgan fingerprint density at radius 2 is 1.94 bits per heavy atom. The molecule has 0 spiro atoms. The quantitative estimate of drug-likeness (QED) is 0.433. The predicted octanol–water partition coefficient (Wildman–Crippen LogP) is 3.46. The summed E-state index contributed by atoms with van der Waals surface area (Å²) in [7, 11) is 1.55. The van der Waals surface area contributed by atoms with E-state index in [9.17, 15) is 14.9 Å². The van der Waals surface area contributed by atoms with Crippen LogP contribution in [0.1, 0.15) is 42.7 Å².